The Hall–Kier alpha value is -3.73. The highest BCUT2D eigenvalue weighted by Gasteiger charge is 2.25. The van der Waals surface area contributed by atoms with Gasteiger partial charge in [0.05, 0.1) is 23.5 Å². The molecule has 0 aliphatic carbocycles. The number of hydrogen-bond acceptors (Lipinski definition) is 8. The molecular weight excluding hydrogens is 421 g/mol. The highest BCUT2D eigenvalue weighted by molar-refractivity contribution is 5.73. The molecule has 168 valence electrons. The minimum Gasteiger partial charge on any atom is -0.467 e. The van der Waals surface area contributed by atoms with Crippen molar-refractivity contribution in [2.75, 3.05) is 31.9 Å². The van der Waals surface area contributed by atoms with Gasteiger partial charge in [-0.2, -0.15) is 0 Å². The lowest BCUT2D eigenvalue weighted by molar-refractivity contribution is 0.0515. The summed E-state index contributed by atoms with van der Waals surface area (Å²) in [5.74, 6) is 1.15. The molecule has 0 radical (unpaired) electrons. The normalized spacial score (nSPS) is 15.7. The highest BCUT2D eigenvalue weighted by atomic mass is 19.1. The van der Waals surface area contributed by atoms with Crippen molar-refractivity contribution in [3.05, 3.63) is 42.2 Å². The van der Waals surface area contributed by atoms with Crippen LogP contribution in [0.15, 0.2) is 34.9 Å². The number of nitrogens with one attached hydrogen (secondary N) is 1. The lowest BCUT2D eigenvalue weighted by Gasteiger charge is -2.17. The predicted octanol–water partition coefficient (Wildman–Crippen LogP) is 3.08. The van der Waals surface area contributed by atoms with E-state index in [0.717, 1.165) is 0 Å². The second-order valence-corrected chi connectivity index (χ2v) is 7.28. The molecule has 1 aromatic carbocycles. The van der Waals surface area contributed by atoms with Crippen LogP contribution in [0.5, 0.6) is 5.75 Å². The molecule has 10 nitrogen and oxygen atoms in total. The number of halogens is 1. The molecule has 11 heteroatoms. The van der Waals surface area contributed by atoms with Crippen LogP contribution in [0.1, 0.15) is 12.3 Å². The summed E-state index contributed by atoms with van der Waals surface area (Å²) < 4.78 is 31.0. The third-order valence-electron chi connectivity index (χ3n) is 5.05. The first-order valence-corrected chi connectivity index (χ1v) is 9.91. The first-order chi connectivity index (χ1) is 15.4. The molecule has 1 aliphatic heterocycles. The van der Waals surface area contributed by atoms with Gasteiger partial charge in [-0.05, 0) is 30.7 Å². The van der Waals surface area contributed by atoms with E-state index in [0.29, 0.717) is 48.2 Å². The van der Waals surface area contributed by atoms with Gasteiger partial charge in [0, 0.05) is 32.7 Å². The van der Waals surface area contributed by atoms with Gasteiger partial charge < -0.3 is 29.2 Å². The third-order valence-corrected chi connectivity index (χ3v) is 5.05. The summed E-state index contributed by atoms with van der Waals surface area (Å²) in [6.07, 6.45) is 1.08. The number of ether oxygens (including phenoxy) is 2. The number of carboxylic acid groups (broad SMARTS) is 1. The second kappa shape index (κ2) is 9.18. The van der Waals surface area contributed by atoms with Gasteiger partial charge in [0.15, 0.2) is 24.3 Å². The Labute approximate surface area is 183 Å². The van der Waals surface area contributed by atoms with Crippen molar-refractivity contribution < 1.29 is 28.2 Å². The van der Waals surface area contributed by atoms with E-state index in [1.54, 1.807) is 19.1 Å². The molecule has 0 saturated carbocycles. The first kappa shape index (κ1) is 21.5. The van der Waals surface area contributed by atoms with Gasteiger partial charge in [-0.1, -0.05) is 0 Å². The van der Waals surface area contributed by atoms with Crippen molar-refractivity contribution in [3.63, 3.8) is 0 Å². The number of amides is 1. The van der Waals surface area contributed by atoms with Crippen LogP contribution in [0.3, 0.4) is 0 Å². The fraction of sp³-hybridized carbons (Fsp3) is 0.333. The summed E-state index contributed by atoms with van der Waals surface area (Å²) >= 11 is 0. The lowest BCUT2D eigenvalue weighted by atomic mass is 10.0. The Kier molecular flexibility index (Phi) is 6.17. The minimum atomic E-state index is -1.05. The van der Waals surface area contributed by atoms with Crippen LogP contribution in [0.2, 0.25) is 0 Å². The summed E-state index contributed by atoms with van der Waals surface area (Å²) in [7, 11) is 1.49. The van der Waals surface area contributed by atoms with E-state index >= 15 is 0 Å². The molecule has 32 heavy (non-hydrogen) atoms. The fourth-order valence-electron chi connectivity index (χ4n) is 3.57. The number of anilines is 1. The Morgan fingerprint density at radius 2 is 2.19 bits per heavy atom. The number of rotatable bonds is 7. The zero-order chi connectivity index (χ0) is 22.7. The fourth-order valence-corrected chi connectivity index (χ4v) is 3.57. The van der Waals surface area contributed by atoms with Crippen molar-refractivity contribution in [2.45, 2.75) is 19.4 Å². The summed E-state index contributed by atoms with van der Waals surface area (Å²) in [4.78, 5) is 16.8. The Bertz CT molecular complexity index is 1100. The van der Waals surface area contributed by atoms with Crippen molar-refractivity contribution in [1.29, 1.82) is 0 Å². The van der Waals surface area contributed by atoms with Gasteiger partial charge in [-0.15, -0.1) is 10.2 Å². The molecule has 0 unspecified atom stereocenters. The Morgan fingerprint density at radius 3 is 2.84 bits per heavy atom. The van der Waals surface area contributed by atoms with Gasteiger partial charge in [0.25, 0.3) is 0 Å². The molecule has 1 aliphatic rings. The SMILES string of the molecule is COCOc1cc(-c2cnc(C)o2)c(F)cc1-c1ccc(N2CC[C@@H](NC(=O)O)C2)nn1. The quantitative estimate of drug-likeness (QED) is 0.530. The van der Waals surface area contributed by atoms with Gasteiger partial charge in [-0.25, -0.2) is 14.2 Å². The van der Waals surface area contributed by atoms with Crippen molar-refractivity contribution in [1.82, 2.24) is 20.5 Å². The monoisotopic (exact) mass is 443 g/mol. The topological polar surface area (TPSA) is 123 Å². The van der Waals surface area contributed by atoms with Gasteiger partial charge in [0.1, 0.15) is 11.6 Å². The zero-order valence-electron chi connectivity index (χ0n) is 17.5. The number of aromatic nitrogens is 3. The van der Waals surface area contributed by atoms with E-state index in [2.05, 4.69) is 20.5 Å². The van der Waals surface area contributed by atoms with Crippen molar-refractivity contribution in [3.8, 4) is 28.3 Å². The molecular formula is C21H22FN5O5. The molecule has 3 heterocycles. The Balaban J connectivity index is 1.61. The number of hydrogen-bond donors (Lipinski definition) is 2. The molecule has 0 bridgehead atoms. The summed E-state index contributed by atoms with van der Waals surface area (Å²) in [6.45, 7) is 2.80. The van der Waals surface area contributed by atoms with E-state index < -0.39 is 11.9 Å². The number of nitrogens with zero attached hydrogens (tertiary/aromatic N) is 4. The molecule has 2 aromatic heterocycles. The Morgan fingerprint density at radius 1 is 1.34 bits per heavy atom. The highest BCUT2D eigenvalue weighted by Crippen LogP contribution is 2.36. The maximum absolute atomic E-state index is 14.9. The number of aryl methyl sites for hydroxylation is 1. The largest absolute Gasteiger partial charge is 0.467 e. The molecule has 3 aromatic rings. The molecule has 1 amide bonds. The second-order valence-electron chi connectivity index (χ2n) is 7.28. The van der Waals surface area contributed by atoms with Gasteiger partial charge >= 0.3 is 6.09 Å². The average Bonchev–Trinajstić information content (AvgIpc) is 3.41. The number of benzene rings is 1. The van der Waals surface area contributed by atoms with E-state index in [1.807, 2.05) is 4.90 Å². The van der Waals surface area contributed by atoms with Crippen LogP contribution in [0.25, 0.3) is 22.6 Å². The van der Waals surface area contributed by atoms with E-state index in [-0.39, 0.29) is 24.2 Å². The van der Waals surface area contributed by atoms with Crippen molar-refractivity contribution >= 4 is 11.9 Å². The molecule has 1 atom stereocenters. The average molecular weight is 443 g/mol. The third kappa shape index (κ3) is 4.62. The summed E-state index contributed by atoms with van der Waals surface area (Å²) in [5.41, 5.74) is 1.03. The summed E-state index contributed by atoms with van der Waals surface area (Å²) in [5, 5.41) is 19.8. The van der Waals surface area contributed by atoms with Crippen molar-refractivity contribution in [2.24, 2.45) is 0 Å². The molecule has 2 N–H and O–H groups in total. The number of methoxy groups -OCH3 is 1. The molecule has 1 saturated heterocycles. The van der Waals surface area contributed by atoms with Crippen LogP contribution in [0, 0.1) is 12.7 Å². The predicted molar refractivity (Wildman–Crippen MR) is 112 cm³/mol. The first-order valence-electron chi connectivity index (χ1n) is 9.91. The van der Waals surface area contributed by atoms with E-state index in [9.17, 15) is 9.18 Å². The van der Waals surface area contributed by atoms with Crippen LogP contribution in [-0.2, 0) is 4.74 Å². The molecule has 1 fully saturated rings. The minimum absolute atomic E-state index is 0.0369. The van der Waals surface area contributed by atoms with Crippen LogP contribution in [0.4, 0.5) is 15.0 Å². The van der Waals surface area contributed by atoms with Gasteiger partial charge in [-0.3, -0.25) is 0 Å². The maximum atomic E-state index is 14.9. The number of oxazole rings is 1. The smallest absolute Gasteiger partial charge is 0.404 e. The maximum Gasteiger partial charge on any atom is 0.404 e. The van der Waals surface area contributed by atoms with E-state index in [4.69, 9.17) is 19.0 Å². The molecule has 4 rings (SSSR count). The van der Waals surface area contributed by atoms with Gasteiger partial charge in [0.2, 0.25) is 0 Å². The molecule has 0 spiro atoms. The number of carbonyl (C=O) groups is 1. The van der Waals surface area contributed by atoms with Crippen LogP contribution in [-0.4, -0.2) is 59.4 Å². The zero-order valence-corrected chi connectivity index (χ0v) is 17.5. The summed E-state index contributed by atoms with van der Waals surface area (Å²) in [6, 6.07) is 6.14. The van der Waals surface area contributed by atoms with Crippen LogP contribution < -0.4 is 15.0 Å². The van der Waals surface area contributed by atoms with E-state index in [1.165, 1.54) is 25.4 Å². The standard InChI is InChI=1S/C21H22FN5O5/c1-12-23-9-19(32-12)14-8-18(31-11-30-2)15(7-16(14)22)17-3-4-20(26-25-17)27-6-5-13(10-27)24-21(28)29/h3-4,7-9,13,24H,5-6,10-11H2,1-2H3,(H,28,29)/t13-/m1/s1. The van der Waals surface area contributed by atoms with Crippen LogP contribution >= 0.6 is 0 Å². The lowest BCUT2D eigenvalue weighted by Crippen LogP contribution is -2.36.